The summed E-state index contributed by atoms with van der Waals surface area (Å²) in [5, 5.41) is 10.2. The van der Waals surface area contributed by atoms with Gasteiger partial charge in [0, 0.05) is 5.97 Å². The number of hydrogen-bond acceptors (Lipinski definition) is 2. The van der Waals surface area contributed by atoms with Gasteiger partial charge in [0.15, 0.2) is 0 Å². The van der Waals surface area contributed by atoms with E-state index in [1.807, 2.05) is 0 Å². The first-order valence-electron chi connectivity index (χ1n) is 8.97. The molecular formula is C18H35ClCrO2+. The van der Waals surface area contributed by atoms with Crippen molar-refractivity contribution < 1.29 is 39.7 Å². The predicted molar refractivity (Wildman–Crippen MR) is 84.6 cm³/mol. The van der Waals surface area contributed by atoms with Gasteiger partial charge in [-0.25, -0.2) is 0 Å². The van der Waals surface area contributed by atoms with Crippen LogP contribution in [0.2, 0.25) is 0 Å². The average Bonchev–Trinajstić information content (AvgIpc) is 2.43. The second-order valence-electron chi connectivity index (χ2n) is 6.07. The normalized spacial score (nSPS) is 9.86. The van der Waals surface area contributed by atoms with E-state index in [0.717, 1.165) is 12.8 Å². The largest absolute Gasteiger partial charge is 3.00 e. The Labute approximate surface area is 155 Å². The van der Waals surface area contributed by atoms with Crippen LogP contribution < -0.4 is 17.5 Å². The van der Waals surface area contributed by atoms with E-state index < -0.39 is 5.97 Å². The topological polar surface area (TPSA) is 40.1 Å². The van der Waals surface area contributed by atoms with Crippen molar-refractivity contribution in [1.29, 1.82) is 0 Å². The van der Waals surface area contributed by atoms with E-state index in [0.29, 0.717) is 0 Å². The number of carbonyl (C=O) groups excluding carboxylic acids is 1. The van der Waals surface area contributed by atoms with Gasteiger partial charge in [0.05, 0.1) is 0 Å². The summed E-state index contributed by atoms with van der Waals surface area (Å²) in [7, 11) is 0. The monoisotopic (exact) mass is 370 g/mol. The minimum Gasteiger partial charge on any atom is -1.00 e. The number of rotatable bonds is 16. The fourth-order valence-corrected chi connectivity index (χ4v) is 2.64. The van der Waals surface area contributed by atoms with Crippen LogP contribution in [0.25, 0.3) is 0 Å². The smallest absolute Gasteiger partial charge is 1.00 e. The molecule has 0 fully saturated rings. The molecule has 0 spiro atoms. The fraction of sp³-hybridized carbons (Fsp3) is 0.944. The van der Waals surface area contributed by atoms with Gasteiger partial charge in [0.25, 0.3) is 0 Å². The molecule has 0 rings (SSSR count). The Morgan fingerprint density at radius 1 is 0.636 bits per heavy atom. The maximum Gasteiger partial charge on any atom is 3.00 e. The van der Waals surface area contributed by atoms with E-state index in [-0.39, 0.29) is 36.2 Å². The molecule has 0 amide bonds. The third-order valence-corrected chi connectivity index (χ3v) is 3.98. The number of unbranched alkanes of at least 4 members (excludes halogenated alkanes) is 14. The minimum absolute atomic E-state index is 0. The quantitative estimate of drug-likeness (QED) is 0.390. The molecule has 0 aliphatic rings. The number of aliphatic carboxylic acids is 1. The van der Waals surface area contributed by atoms with Gasteiger partial charge in [-0.05, 0) is 12.8 Å². The van der Waals surface area contributed by atoms with Crippen LogP contribution >= 0.6 is 0 Å². The van der Waals surface area contributed by atoms with Gasteiger partial charge in [-0.15, -0.1) is 0 Å². The Morgan fingerprint density at radius 2 is 0.909 bits per heavy atom. The molecule has 0 atom stereocenters. The third-order valence-electron chi connectivity index (χ3n) is 3.98. The molecule has 0 aromatic rings. The molecule has 0 saturated heterocycles. The second kappa shape index (κ2) is 23.6. The van der Waals surface area contributed by atoms with E-state index in [1.54, 1.807) is 0 Å². The summed E-state index contributed by atoms with van der Waals surface area (Å²) in [4.78, 5) is 10.2. The molecule has 4 heteroatoms. The van der Waals surface area contributed by atoms with Crippen LogP contribution in [0.15, 0.2) is 0 Å². The van der Waals surface area contributed by atoms with E-state index in [4.69, 9.17) is 0 Å². The number of halogens is 1. The molecular weight excluding hydrogens is 336 g/mol. The molecule has 0 saturated carbocycles. The molecule has 0 unspecified atom stereocenters. The summed E-state index contributed by atoms with van der Waals surface area (Å²) < 4.78 is 0. The molecule has 131 valence electrons. The minimum atomic E-state index is -0.903. The van der Waals surface area contributed by atoms with Crippen molar-refractivity contribution in [3.05, 3.63) is 0 Å². The third kappa shape index (κ3) is 25.3. The van der Waals surface area contributed by atoms with Crippen LogP contribution in [0, 0.1) is 0 Å². The molecule has 0 aliphatic carbocycles. The summed E-state index contributed by atoms with van der Waals surface area (Å²) >= 11 is 0. The summed E-state index contributed by atoms with van der Waals surface area (Å²) in [6.07, 6.45) is 19.9. The van der Waals surface area contributed by atoms with Crippen LogP contribution in [0.3, 0.4) is 0 Å². The zero-order chi connectivity index (χ0) is 14.9. The first-order chi connectivity index (χ1) is 9.77. The van der Waals surface area contributed by atoms with Crippen LogP contribution in [0.4, 0.5) is 0 Å². The molecule has 2 nitrogen and oxygen atoms in total. The first-order valence-corrected chi connectivity index (χ1v) is 8.97. The molecule has 0 N–H and O–H groups in total. The van der Waals surface area contributed by atoms with E-state index in [9.17, 15) is 9.90 Å². The summed E-state index contributed by atoms with van der Waals surface area (Å²) in [6.45, 7) is 2.27. The first kappa shape index (κ1) is 27.2. The van der Waals surface area contributed by atoms with Gasteiger partial charge in [-0.1, -0.05) is 96.8 Å². The molecule has 1 radical (unpaired) electrons. The summed E-state index contributed by atoms with van der Waals surface area (Å²) in [5.74, 6) is -0.903. The van der Waals surface area contributed by atoms with E-state index in [1.165, 1.54) is 83.5 Å². The Balaban J connectivity index is -0.00000180. The number of hydrogen-bond donors (Lipinski definition) is 0. The van der Waals surface area contributed by atoms with E-state index in [2.05, 4.69) is 6.92 Å². The molecule has 0 aliphatic heterocycles. The van der Waals surface area contributed by atoms with Gasteiger partial charge in [0.1, 0.15) is 0 Å². The van der Waals surface area contributed by atoms with Crippen molar-refractivity contribution in [2.45, 2.75) is 110 Å². The van der Waals surface area contributed by atoms with Gasteiger partial charge >= 0.3 is 17.4 Å². The zero-order valence-corrected chi connectivity index (χ0v) is 16.4. The fourth-order valence-electron chi connectivity index (χ4n) is 2.64. The average molecular weight is 371 g/mol. The van der Waals surface area contributed by atoms with Crippen LogP contribution in [0.1, 0.15) is 110 Å². The number of carboxylic acids is 1. The summed E-state index contributed by atoms with van der Waals surface area (Å²) in [6, 6.07) is 0. The van der Waals surface area contributed by atoms with Crippen molar-refractivity contribution in [1.82, 2.24) is 0 Å². The van der Waals surface area contributed by atoms with Crippen LogP contribution in [-0.2, 0) is 22.2 Å². The number of carboxylic acid groups (broad SMARTS) is 1. The van der Waals surface area contributed by atoms with Crippen LogP contribution in [0.5, 0.6) is 0 Å². The SMILES string of the molecule is CCCCCCCCCCCCCCCCCC(=O)[O-].[Cl-].[Cr+3]. The van der Waals surface area contributed by atoms with Crippen molar-refractivity contribution in [2.75, 3.05) is 0 Å². The Hall–Kier alpha value is 0.292. The van der Waals surface area contributed by atoms with Crippen molar-refractivity contribution >= 4 is 5.97 Å². The maximum atomic E-state index is 10.2. The zero-order valence-electron chi connectivity index (χ0n) is 14.4. The van der Waals surface area contributed by atoms with Crippen molar-refractivity contribution in [2.24, 2.45) is 0 Å². The standard InChI is InChI=1S/C18H36O2.ClH.Cr/c1-2-3-4-5-6-7-8-9-10-11-12-13-14-15-16-17-18(19)20;;/h2-17H2,1H3,(H,19,20);1H;/q;;+3/p-2. The molecule has 22 heavy (non-hydrogen) atoms. The maximum absolute atomic E-state index is 10.2. The van der Waals surface area contributed by atoms with Gasteiger partial charge in [-0.3, -0.25) is 0 Å². The Morgan fingerprint density at radius 3 is 1.18 bits per heavy atom. The number of carbonyl (C=O) groups is 1. The predicted octanol–water partition coefficient (Wildman–Crippen LogP) is 2.00. The van der Waals surface area contributed by atoms with E-state index >= 15 is 0 Å². The molecule has 0 bridgehead atoms. The molecule has 0 aromatic carbocycles. The molecule has 0 heterocycles. The molecule has 0 aromatic heterocycles. The van der Waals surface area contributed by atoms with Gasteiger partial charge in [0.2, 0.25) is 0 Å². The Bertz CT molecular complexity index is 213. The Kier molecular flexibility index (Phi) is 29.1. The van der Waals surface area contributed by atoms with Crippen molar-refractivity contribution in [3.63, 3.8) is 0 Å². The van der Waals surface area contributed by atoms with Crippen LogP contribution in [-0.4, -0.2) is 5.97 Å². The van der Waals surface area contributed by atoms with Gasteiger partial charge < -0.3 is 22.3 Å². The van der Waals surface area contributed by atoms with Crippen molar-refractivity contribution in [3.8, 4) is 0 Å². The summed E-state index contributed by atoms with van der Waals surface area (Å²) in [5.41, 5.74) is 0. The second-order valence-corrected chi connectivity index (χ2v) is 6.07. The van der Waals surface area contributed by atoms with Gasteiger partial charge in [-0.2, -0.15) is 0 Å².